The molecular weight excluding hydrogens is 236 g/mol. The Balaban J connectivity index is 3.11. The van der Waals surface area contributed by atoms with Gasteiger partial charge in [-0.15, -0.1) is 0 Å². The molecule has 0 aromatic heterocycles. The Labute approximate surface area is 116 Å². The fraction of sp³-hybridized carbons (Fsp3) is 0.471. The van der Waals surface area contributed by atoms with Gasteiger partial charge in [-0.05, 0) is 48.4 Å². The number of carboxylic acid groups (broad SMARTS) is 1. The number of hydrogen-bond acceptors (Lipinski definition) is 1. The zero-order valence-electron chi connectivity index (χ0n) is 12.4. The van der Waals surface area contributed by atoms with Gasteiger partial charge < -0.3 is 5.11 Å². The molecule has 1 aromatic rings. The van der Waals surface area contributed by atoms with Crippen molar-refractivity contribution in [2.24, 2.45) is 0 Å². The van der Waals surface area contributed by atoms with Gasteiger partial charge in [0.05, 0.1) is 0 Å². The van der Waals surface area contributed by atoms with Gasteiger partial charge in [0.1, 0.15) is 0 Å². The lowest BCUT2D eigenvalue weighted by atomic mass is 9.96. The molecular formula is C17H24O2. The number of hydrogen-bond donors (Lipinski definition) is 1. The first kappa shape index (κ1) is 15.5. The molecule has 0 aliphatic rings. The first-order valence-electron chi connectivity index (χ1n) is 7.00. The SMILES string of the molecule is CCCC/C(=C\c1cc(C(C)C)ccc1C)C(=O)O. The smallest absolute Gasteiger partial charge is 0.331 e. The number of benzene rings is 1. The molecule has 0 radical (unpaired) electrons. The third-order valence-electron chi connectivity index (χ3n) is 3.37. The molecule has 1 aromatic carbocycles. The summed E-state index contributed by atoms with van der Waals surface area (Å²) in [4.78, 5) is 11.3. The van der Waals surface area contributed by atoms with Gasteiger partial charge >= 0.3 is 5.97 Å². The average Bonchev–Trinajstić information content (AvgIpc) is 2.35. The molecule has 19 heavy (non-hydrogen) atoms. The van der Waals surface area contributed by atoms with Gasteiger partial charge in [-0.25, -0.2) is 4.79 Å². The summed E-state index contributed by atoms with van der Waals surface area (Å²) in [6, 6.07) is 6.29. The third kappa shape index (κ3) is 4.55. The maximum absolute atomic E-state index is 11.3. The highest BCUT2D eigenvalue weighted by atomic mass is 16.4. The van der Waals surface area contributed by atoms with Crippen LogP contribution in [0.25, 0.3) is 6.08 Å². The zero-order valence-corrected chi connectivity index (χ0v) is 12.4. The van der Waals surface area contributed by atoms with Crippen molar-refractivity contribution in [3.05, 3.63) is 40.5 Å². The van der Waals surface area contributed by atoms with Crippen LogP contribution < -0.4 is 0 Å². The van der Waals surface area contributed by atoms with Crippen LogP contribution in [0.2, 0.25) is 0 Å². The Morgan fingerprint density at radius 2 is 2.05 bits per heavy atom. The van der Waals surface area contributed by atoms with Crippen molar-refractivity contribution in [1.29, 1.82) is 0 Å². The van der Waals surface area contributed by atoms with Gasteiger partial charge in [-0.1, -0.05) is 45.4 Å². The standard InChI is InChI=1S/C17H24O2/c1-5-6-7-15(17(18)19)11-16-10-14(12(2)3)9-8-13(16)4/h8-12H,5-7H2,1-4H3,(H,18,19)/b15-11+. The van der Waals surface area contributed by atoms with Crippen LogP contribution in [0.15, 0.2) is 23.8 Å². The molecule has 0 aliphatic carbocycles. The van der Waals surface area contributed by atoms with Crippen LogP contribution >= 0.6 is 0 Å². The second-order valence-corrected chi connectivity index (χ2v) is 5.35. The predicted molar refractivity (Wildman–Crippen MR) is 80.4 cm³/mol. The van der Waals surface area contributed by atoms with Crippen molar-refractivity contribution in [1.82, 2.24) is 0 Å². The highest BCUT2D eigenvalue weighted by molar-refractivity contribution is 5.92. The molecule has 0 spiro atoms. The highest BCUT2D eigenvalue weighted by Crippen LogP contribution is 2.22. The molecule has 0 unspecified atom stereocenters. The molecule has 0 amide bonds. The van der Waals surface area contributed by atoms with Crippen LogP contribution in [0.4, 0.5) is 0 Å². The van der Waals surface area contributed by atoms with E-state index in [1.54, 1.807) is 0 Å². The third-order valence-corrected chi connectivity index (χ3v) is 3.37. The summed E-state index contributed by atoms with van der Waals surface area (Å²) in [7, 11) is 0. The summed E-state index contributed by atoms with van der Waals surface area (Å²) in [5.41, 5.74) is 3.90. The first-order chi connectivity index (χ1) is 8.95. The van der Waals surface area contributed by atoms with Crippen LogP contribution in [0.1, 0.15) is 62.6 Å². The number of carbonyl (C=O) groups is 1. The van der Waals surface area contributed by atoms with Crippen LogP contribution in [0, 0.1) is 6.92 Å². The van der Waals surface area contributed by atoms with Crippen LogP contribution in [0.3, 0.4) is 0 Å². The normalized spacial score (nSPS) is 11.9. The molecule has 2 nitrogen and oxygen atoms in total. The maximum Gasteiger partial charge on any atom is 0.331 e. The number of carboxylic acids is 1. The van der Waals surface area contributed by atoms with E-state index < -0.39 is 5.97 Å². The lowest BCUT2D eigenvalue weighted by molar-refractivity contribution is -0.132. The minimum absolute atomic E-state index is 0.455. The van der Waals surface area contributed by atoms with Gasteiger partial charge in [0, 0.05) is 5.57 Å². The minimum Gasteiger partial charge on any atom is -0.478 e. The van der Waals surface area contributed by atoms with E-state index in [0.29, 0.717) is 17.9 Å². The number of aliphatic carboxylic acids is 1. The van der Waals surface area contributed by atoms with Gasteiger partial charge in [0.2, 0.25) is 0 Å². The molecule has 0 bridgehead atoms. The monoisotopic (exact) mass is 260 g/mol. The Bertz CT molecular complexity index is 470. The first-order valence-corrected chi connectivity index (χ1v) is 7.00. The minimum atomic E-state index is -0.803. The second-order valence-electron chi connectivity index (χ2n) is 5.35. The quantitative estimate of drug-likeness (QED) is 0.747. The zero-order chi connectivity index (χ0) is 14.4. The predicted octanol–water partition coefficient (Wildman–Crippen LogP) is 4.78. The van der Waals surface area contributed by atoms with Crippen molar-refractivity contribution in [3.8, 4) is 0 Å². The highest BCUT2D eigenvalue weighted by Gasteiger charge is 2.09. The molecule has 0 heterocycles. The van der Waals surface area contributed by atoms with E-state index in [4.69, 9.17) is 0 Å². The molecule has 1 rings (SSSR count). The van der Waals surface area contributed by atoms with Crippen molar-refractivity contribution >= 4 is 12.0 Å². The molecule has 0 aliphatic heterocycles. The van der Waals surface area contributed by atoms with Gasteiger partial charge in [0.25, 0.3) is 0 Å². The molecule has 1 N–H and O–H groups in total. The Morgan fingerprint density at radius 3 is 2.58 bits per heavy atom. The average molecular weight is 260 g/mol. The number of unbranched alkanes of at least 4 members (excludes halogenated alkanes) is 1. The fourth-order valence-electron chi connectivity index (χ4n) is 1.97. The molecule has 0 atom stereocenters. The Hall–Kier alpha value is -1.57. The van der Waals surface area contributed by atoms with Crippen LogP contribution in [0.5, 0.6) is 0 Å². The van der Waals surface area contributed by atoms with Crippen molar-refractivity contribution in [2.75, 3.05) is 0 Å². The second kappa shape index (κ2) is 7.13. The molecule has 104 valence electrons. The van der Waals surface area contributed by atoms with E-state index in [-0.39, 0.29) is 0 Å². The van der Waals surface area contributed by atoms with Crippen molar-refractivity contribution < 1.29 is 9.90 Å². The summed E-state index contributed by atoms with van der Waals surface area (Å²) < 4.78 is 0. The summed E-state index contributed by atoms with van der Waals surface area (Å²) in [5, 5.41) is 9.26. The van der Waals surface area contributed by atoms with Gasteiger partial charge in [-0.2, -0.15) is 0 Å². The summed E-state index contributed by atoms with van der Waals surface area (Å²) in [6.45, 7) is 8.39. The fourth-order valence-corrected chi connectivity index (χ4v) is 1.97. The molecule has 2 heteroatoms. The summed E-state index contributed by atoms with van der Waals surface area (Å²) in [5.74, 6) is -0.348. The topological polar surface area (TPSA) is 37.3 Å². The van der Waals surface area contributed by atoms with Crippen molar-refractivity contribution in [2.45, 2.75) is 52.9 Å². The van der Waals surface area contributed by atoms with Gasteiger partial charge in [-0.3, -0.25) is 0 Å². The lowest BCUT2D eigenvalue weighted by Gasteiger charge is -2.10. The van der Waals surface area contributed by atoms with Crippen molar-refractivity contribution in [3.63, 3.8) is 0 Å². The summed E-state index contributed by atoms with van der Waals surface area (Å²) >= 11 is 0. The van der Waals surface area contributed by atoms with E-state index in [1.165, 1.54) is 5.56 Å². The molecule has 0 saturated heterocycles. The van der Waals surface area contributed by atoms with E-state index in [0.717, 1.165) is 24.0 Å². The largest absolute Gasteiger partial charge is 0.478 e. The van der Waals surface area contributed by atoms with Crippen LogP contribution in [-0.2, 0) is 4.79 Å². The van der Waals surface area contributed by atoms with E-state index in [9.17, 15) is 9.90 Å². The van der Waals surface area contributed by atoms with Crippen LogP contribution in [-0.4, -0.2) is 11.1 Å². The molecule has 0 fully saturated rings. The number of aryl methyl sites for hydroxylation is 1. The Morgan fingerprint density at radius 1 is 1.37 bits per heavy atom. The van der Waals surface area contributed by atoms with E-state index in [2.05, 4.69) is 39.0 Å². The van der Waals surface area contributed by atoms with Gasteiger partial charge in [0.15, 0.2) is 0 Å². The maximum atomic E-state index is 11.3. The Kier molecular flexibility index (Phi) is 5.81. The van der Waals surface area contributed by atoms with E-state index >= 15 is 0 Å². The number of rotatable bonds is 6. The lowest BCUT2D eigenvalue weighted by Crippen LogP contribution is -2.01. The molecule has 0 saturated carbocycles. The summed E-state index contributed by atoms with van der Waals surface area (Å²) in [6.07, 6.45) is 4.40. The van der Waals surface area contributed by atoms with E-state index in [1.807, 2.05) is 13.0 Å².